The van der Waals surface area contributed by atoms with Gasteiger partial charge in [0.25, 0.3) is 0 Å². The van der Waals surface area contributed by atoms with E-state index in [0.29, 0.717) is 6.04 Å². The SMILES string of the molecule is CCC1(CC)CC(NC2CC3CCC2C3)CCO1. The van der Waals surface area contributed by atoms with Crippen LogP contribution in [0.2, 0.25) is 0 Å². The molecule has 2 aliphatic carbocycles. The average Bonchev–Trinajstić information content (AvgIpc) is 3.01. The van der Waals surface area contributed by atoms with Crippen LogP contribution >= 0.6 is 0 Å². The maximum absolute atomic E-state index is 6.08. The number of hydrogen-bond acceptors (Lipinski definition) is 2. The second-order valence-electron chi connectivity index (χ2n) is 6.88. The van der Waals surface area contributed by atoms with Gasteiger partial charge in [-0.25, -0.2) is 0 Å². The minimum Gasteiger partial charge on any atom is -0.375 e. The Kier molecular flexibility index (Phi) is 3.68. The molecule has 18 heavy (non-hydrogen) atoms. The lowest BCUT2D eigenvalue weighted by Crippen LogP contribution is -2.50. The fraction of sp³-hybridized carbons (Fsp3) is 1.00. The first kappa shape index (κ1) is 12.9. The topological polar surface area (TPSA) is 21.3 Å². The Hall–Kier alpha value is -0.0800. The molecule has 0 aromatic rings. The highest BCUT2D eigenvalue weighted by Gasteiger charge is 2.42. The first-order valence-corrected chi connectivity index (χ1v) is 8.14. The summed E-state index contributed by atoms with van der Waals surface area (Å²) in [5, 5.41) is 3.99. The number of rotatable bonds is 4. The Labute approximate surface area is 112 Å². The third kappa shape index (κ3) is 2.34. The molecule has 0 spiro atoms. The number of ether oxygens (including phenoxy) is 1. The lowest BCUT2D eigenvalue weighted by molar-refractivity contribution is -0.0946. The number of nitrogens with one attached hydrogen (secondary N) is 1. The molecule has 3 rings (SSSR count). The van der Waals surface area contributed by atoms with Crippen LogP contribution in [-0.4, -0.2) is 24.3 Å². The molecule has 1 aliphatic heterocycles. The molecule has 1 heterocycles. The molecular weight excluding hydrogens is 222 g/mol. The first-order chi connectivity index (χ1) is 8.74. The molecule has 2 heteroatoms. The molecule has 2 nitrogen and oxygen atoms in total. The first-order valence-electron chi connectivity index (χ1n) is 8.14. The molecule has 3 fully saturated rings. The Balaban J connectivity index is 1.56. The zero-order valence-corrected chi connectivity index (χ0v) is 12.1. The van der Waals surface area contributed by atoms with Crippen molar-refractivity contribution < 1.29 is 4.74 Å². The molecule has 3 aliphatic rings. The van der Waals surface area contributed by atoms with Crippen molar-refractivity contribution in [1.82, 2.24) is 5.32 Å². The summed E-state index contributed by atoms with van der Waals surface area (Å²) >= 11 is 0. The van der Waals surface area contributed by atoms with Gasteiger partial charge in [0, 0.05) is 18.7 Å². The second kappa shape index (κ2) is 5.13. The average molecular weight is 251 g/mol. The summed E-state index contributed by atoms with van der Waals surface area (Å²) in [6.45, 7) is 5.52. The Morgan fingerprint density at radius 3 is 2.56 bits per heavy atom. The van der Waals surface area contributed by atoms with Crippen LogP contribution in [0.5, 0.6) is 0 Å². The van der Waals surface area contributed by atoms with E-state index in [1.54, 1.807) is 0 Å². The van der Waals surface area contributed by atoms with Crippen molar-refractivity contribution in [1.29, 1.82) is 0 Å². The standard InChI is InChI=1S/C16H29NO/c1-3-16(4-2)11-14(7-8-18-16)17-15-10-12-5-6-13(15)9-12/h12-15,17H,3-11H2,1-2H3. The molecule has 2 saturated carbocycles. The second-order valence-corrected chi connectivity index (χ2v) is 6.88. The van der Waals surface area contributed by atoms with Gasteiger partial charge < -0.3 is 10.1 Å². The van der Waals surface area contributed by atoms with Gasteiger partial charge >= 0.3 is 0 Å². The van der Waals surface area contributed by atoms with E-state index in [-0.39, 0.29) is 5.60 Å². The van der Waals surface area contributed by atoms with Crippen LogP contribution in [0.1, 0.15) is 65.2 Å². The van der Waals surface area contributed by atoms with Crippen molar-refractivity contribution >= 4 is 0 Å². The molecule has 1 saturated heterocycles. The fourth-order valence-corrected chi connectivity index (χ4v) is 4.66. The highest BCUT2D eigenvalue weighted by Crippen LogP contribution is 2.45. The van der Waals surface area contributed by atoms with Gasteiger partial charge in [0.05, 0.1) is 5.60 Å². The smallest absolute Gasteiger partial charge is 0.0692 e. The van der Waals surface area contributed by atoms with Gasteiger partial charge in [-0.15, -0.1) is 0 Å². The van der Waals surface area contributed by atoms with Crippen molar-refractivity contribution in [2.75, 3.05) is 6.61 Å². The summed E-state index contributed by atoms with van der Waals surface area (Å²) in [7, 11) is 0. The molecule has 4 unspecified atom stereocenters. The predicted octanol–water partition coefficient (Wildman–Crippen LogP) is 3.50. The highest BCUT2D eigenvalue weighted by molar-refractivity contribution is 4.97. The van der Waals surface area contributed by atoms with Crippen LogP contribution in [0.4, 0.5) is 0 Å². The largest absolute Gasteiger partial charge is 0.375 e. The van der Waals surface area contributed by atoms with Gasteiger partial charge in [0.15, 0.2) is 0 Å². The molecule has 0 aromatic carbocycles. The summed E-state index contributed by atoms with van der Waals surface area (Å²) in [5.41, 5.74) is 0.174. The lowest BCUT2D eigenvalue weighted by atomic mass is 9.84. The van der Waals surface area contributed by atoms with Crippen LogP contribution in [0.3, 0.4) is 0 Å². The highest BCUT2D eigenvalue weighted by atomic mass is 16.5. The Morgan fingerprint density at radius 1 is 1.11 bits per heavy atom. The molecular formula is C16H29NO. The number of fused-ring (bicyclic) bond motifs is 2. The van der Waals surface area contributed by atoms with Crippen molar-refractivity contribution in [3.05, 3.63) is 0 Å². The molecule has 4 atom stereocenters. The van der Waals surface area contributed by atoms with Crippen LogP contribution in [0, 0.1) is 11.8 Å². The zero-order chi connectivity index (χ0) is 12.6. The van der Waals surface area contributed by atoms with Gasteiger partial charge in [-0.2, -0.15) is 0 Å². The Morgan fingerprint density at radius 2 is 1.94 bits per heavy atom. The van der Waals surface area contributed by atoms with Crippen LogP contribution < -0.4 is 5.32 Å². The molecule has 0 radical (unpaired) electrons. The minimum atomic E-state index is 0.174. The molecule has 104 valence electrons. The van der Waals surface area contributed by atoms with Crippen LogP contribution in [0.25, 0.3) is 0 Å². The van der Waals surface area contributed by atoms with Crippen LogP contribution in [-0.2, 0) is 4.74 Å². The maximum Gasteiger partial charge on any atom is 0.0692 e. The van der Waals surface area contributed by atoms with E-state index in [9.17, 15) is 0 Å². The maximum atomic E-state index is 6.08. The van der Waals surface area contributed by atoms with E-state index >= 15 is 0 Å². The minimum absolute atomic E-state index is 0.174. The van der Waals surface area contributed by atoms with E-state index in [1.807, 2.05) is 0 Å². The third-order valence-corrected chi connectivity index (χ3v) is 5.97. The van der Waals surface area contributed by atoms with E-state index < -0.39 is 0 Å². The van der Waals surface area contributed by atoms with Crippen LogP contribution in [0.15, 0.2) is 0 Å². The van der Waals surface area contributed by atoms with Gasteiger partial charge in [0.2, 0.25) is 0 Å². The predicted molar refractivity (Wildman–Crippen MR) is 74.7 cm³/mol. The summed E-state index contributed by atoms with van der Waals surface area (Å²) in [5.74, 6) is 2.05. The third-order valence-electron chi connectivity index (χ3n) is 5.97. The van der Waals surface area contributed by atoms with E-state index in [1.165, 1.54) is 51.4 Å². The van der Waals surface area contributed by atoms with Gasteiger partial charge in [-0.3, -0.25) is 0 Å². The van der Waals surface area contributed by atoms with Crippen molar-refractivity contribution in [2.24, 2.45) is 11.8 Å². The van der Waals surface area contributed by atoms with Crippen molar-refractivity contribution in [3.8, 4) is 0 Å². The lowest BCUT2D eigenvalue weighted by Gasteiger charge is -2.42. The molecule has 2 bridgehead atoms. The van der Waals surface area contributed by atoms with E-state index in [0.717, 1.165) is 24.5 Å². The molecule has 0 amide bonds. The zero-order valence-electron chi connectivity index (χ0n) is 12.1. The molecule has 1 N–H and O–H groups in total. The van der Waals surface area contributed by atoms with Crippen molar-refractivity contribution in [3.63, 3.8) is 0 Å². The summed E-state index contributed by atoms with van der Waals surface area (Å²) < 4.78 is 6.08. The molecule has 0 aromatic heterocycles. The Bertz CT molecular complexity index is 287. The summed E-state index contributed by atoms with van der Waals surface area (Å²) in [6, 6.07) is 1.54. The van der Waals surface area contributed by atoms with Crippen molar-refractivity contribution in [2.45, 2.75) is 82.9 Å². The monoisotopic (exact) mass is 251 g/mol. The summed E-state index contributed by atoms with van der Waals surface area (Å²) in [4.78, 5) is 0. The van der Waals surface area contributed by atoms with E-state index in [2.05, 4.69) is 19.2 Å². The number of hydrogen-bond donors (Lipinski definition) is 1. The summed E-state index contributed by atoms with van der Waals surface area (Å²) in [6.07, 6.45) is 10.7. The van der Waals surface area contributed by atoms with Gasteiger partial charge in [-0.05, 0) is 56.8 Å². The fourth-order valence-electron chi connectivity index (χ4n) is 4.66. The normalized spacial score (nSPS) is 42.3. The van der Waals surface area contributed by atoms with Gasteiger partial charge in [-0.1, -0.05) is 20.3 Å². The quantitative estimate of drug-likeness (QED) is 0.825. The van der Waals surface area contributed by atoms with Gasteiger partial charge in [0.1, 0.15) is 0 Å². The van der Waals surface area contributed by atoms with E-state index in [4.69, 9.17) is 4.74 Å².